The van der Waals surface area contributed by atoms with E-state index in [2.05, 4.69) is 10.3 Å². The molecule has 0 aliphatic heterocycles. The highest BCUT2D eigenvalue weighted by atomic mass is 16.4. The highest BCUT2D eigenvalue weighted by Crippen LogP contribution is 2.19. The van der Waals surface area contributed by atoms with Crippen LogP contribution in [0.4, 0.5) is 5.69 Å². The molecule has 0 bridgehead atoms. The molecule has 1 atom stereocenters. The summed E-state index contributed by atoms with van der Waals surface area (Å²) in [6.45, 7) is 1.65. The second-order valence-electron chi connectivity index (χ2n) is 3.69. The van der Waals surface area contributed by atoms with Gasteiger partial charge in [0.05, 0.1) is 11.6 Å². The summed E-state index contributed by atoms with van der Waals surface area (Å²) in [7, 11) is 3.56. The lowest BCUT2D eigenvalue weighted by molar-refractivity contribution is -0.138. The van der Waals surface area contributed by atoms with Crippen molar-refractivity contribution in [3.63, 3.8) is 0 Å². The van der Waals surface area contributed by atoms with Crippen LogP contribution in [0, 0.1) is 0 Å². The van der Waals surface area contributed by atoms with Crippen molar-refractivity contribution in [1.82, 2.24) is 5.01 Å². The molecule has 0 spiro atoms. The summed E-state index contributed by atoms with van der Waals surface area (Å²) in [6.07, 6.45) is 0. The number of hydrogen-bond donors (Lipinski definition) is 1. The van der Waals surface area contributed by atoms with Gasteiger partial charge in [0, 0.05) is 14.1 Å². The molecule has 0 heterocycles. The number of aliphatic carboxylic acids is 1. The van der Waals surface area contributed by atoms with Crippen LogP contribution in [0.15, 0.2) is 34.6 Å². The SMILES string of the molecule is CC(C(=O)O)c1ccc(N=NN(C)C)cc1. The minimum absolute atomic E-state index is 0.500. The first kappa shape index (κ1) is 12.2. The molecule has 0 saturated heterocycles. The average Bonchev–Trinajstić information content (AvgIpc) is 2.26. The van der Waals surface area contributed by atoms with Gasteiger partial charge in [-0.3, -0.25) is 9.80 Å². The van der Waals surface area contributed by atoms with Gasteiger partial charge in [0.15, 0.2) is 0 Å². The highest BCUT2D eigenvalue weighted by Gasteiger charge is 2.12. The summed E-state index contributed by atoms with van der Waals surface area (Å²) in [5, 5.41) is 18.2. The predicted molar refractivity (Wildman–Crippen MR) is 60.7 cm³/mol. The van der Waals surface area contributed by atoms with Gasteiger partial charge in [-0.05, 0) is 24.6 Å². The molecule has 1 N–H and O–H groups in total. The topological polar surface area (TPSA) is 65.3 Å². The van der Waals surface area contributed by atoms with E-state index < -0.39 is 11.9 Å². The number of carbonyl (C=O) groups is 1. The van der Waals surface area contributed by atoms with Crippen molar-refractivity contribution >= 4 is 11.7 Å². The minimum Gasteiger partial charge on any atom is -0.481 e. The van der Waals surface area contributed by atoms with Crippen molar-refractivity contribution in [3.8, 4) is 0 Å². The van der Waals surface area contributed by atoms with Crippen molar-refractivity contribution < 1.29 is 9.90 Å². The zero-order valence-electron chi connectivity index (χ0n) is 9.58. The van der Waals surface area contributed by atoms with Gasteiger partial charge >= 0.3 is 5.97 Å². The van der Waals surface area contributed by atoms with Crippen LogP contribution >= 0.6 is 0 Å². The van der Waals surface area contributed by atoms with Crippen LogP contribution in [-0.2, 0) is 4.79 Å². The third-order valence-electron chi connectivity index (χ3n) is 2.10. The summed E-state index contributed by atoms with van der Waals surface area (Å²) >= 11 is 0. The van der Waals surface area contributed by atoms with Crippen molar-refractivity contribution in [2.45, 2.75) is 12.8 Å². The van der Waals surface area contributed by atoms with Gasteiger partial charge in [-0.2, -0.15) is 0 Å². The summed E-state index contributed by atoms with van der Waals surface area (Å²) in [6, 6.07) is 7.01. The molecule has 0 saturated carbocycles. The molecule has 1 unspecified atom stereocenters. The van der Waals surface area contributed by atoms with E-state index in [1.165, 1.54) is 0 Å². The van der Waals surface area contributed by atoms with Crippen molar-refractivity contribution in [2.24, 2.45) is 10.3 Å². The number of carboxylic acid groups (broad SMARTS) is 1. The normalized spacial score (nSPS) is 12.7. The summed E-state index contributed by atoms with van der Waals surface area (Å²) < 4.78 is 0. The van der Waals surface area contributed by atoms with Crippen LogP contribution in [0.3, 0.4) is 0 Å². The maximum atomic E-state index is 10.8. The smallest absolute Gasteiger partial charge is 0.310 e. The lowest BCUT2D eigenvalue weighted by Gasteiger charge is -2.06. The van der Waals surface area contributed by atoms with Gasteiger partial charge in [-0.25, -0.2) is 0 Å². The van der Waals surface area contributed by atoms with Gasteiger partial charge in [0.1, 0.15) is 0 Å². The van der Waals surface area contributed by atoms with Crippen LogP contribution in [0.5, 0.6) is 0 Å². The molecule has 5 nitrogen and oxygen atoms in total. The molecule has 1 aromatic rings. The third kappa shape index (κ3) is 3.34. The Bertz CT molecular complexity index is 385. The van der Waals surface area contributed by atoms with Crippen molar-refractivity contribution in [3.05, 3.63) is 29.8 Å². The molecule has 86 valence electrons. The Hall–Kier alpha value is -1.91. The van der Waals surface area contributed by atoms with Crippen LogP contribution in [0.25, 0.3) is 0 Å². The summed E-state index contributed by atoms with van der Waals surface area (Å²) in [5.41, 5.74) is 1.46. The van der Waals surface area contributed by atoms with Gasteiger partial charge in [-0.1, -0.05) is 17.4 Å². The Morgan fingerprint density at radius 2 is 1.88 bits per heavy atom. The van der Waals surface area contributed by atoms with E-state index in [-0.39, 0.29) is 0 Å². The Morgan fingerprint density at radius 1 is 1.31 bits per heavy atom. The summed E-state index contributed by atoms with van der Waals surface area (Å²) in [5.74, 6) is -1.33. The fourth-order valence-electron chi connectivity index (χ4n) is 1.11. The molecule has 1 aromatic carbocycles. The quantitative estimate of drug-likeness (QED) is 0.627. The molecule has 0 amide bonds. The van der Waals surface area contributed by atoms with Crippen LogP contribution < -0.4 is 0 Å². The lowest BCUT2D eigenvalue weighted by atomic mass is 10.0. The predicted octanol–water partition coefficient (Wildman–Crippen LogP) is 2.44. The molecule has 16 heavy (non-hydrogen) atoms. The van der Waals surface area contributed by atoms with Crippen LogP contribution in [-0.4, -0.2) is 30.2 Å². The number of rotatable bonds is 4. The maximum absolute atomic E-state index is 10.8. The van der Waals surface area contributed by atoms with Crippen molar-refractivity contribution in [1.29, 1.82) is 0 Å². The van der Waals surface area contributed by atoms with E-state index in [4.69, 9.17) is 5.11 Å². The fraction of sp³-hybridized carbons (Fsp3) is 0.364. The average molecular weight is 221 g/mol. The lowest BCUT2D eigenvalue weighted by Crippen LogP contribution is -2.06. The zero-order chi connectivity index (χ0) is 12.1. The second-order valence-corrected chi connectivity index (χ2v) is 3.69. The molecule has 0 radical (unpaired) electrons. The molecule has 1 rings (SSSR count). The largest absolute Gasteiger partial charge is 0.481 e. The second kappa shape index (κ2) is 5.25. The van der Waals surface area contributed by atoms with E-state index in [1.807, 2.05) is 0 Å². The molecular formula is C11H15N3O2. The van der Waals surface area contributed by atoms with Crippen LogP contribution in [0.2, 0.25) is 0 Å². The Labute approximate surface area is 94.4 Å². The number of benzene rings is 1. The van der Waals surface area contributed by atoms with E-state index in [1.54, 1.807) is 50.3 Å². The Balaban J connectivity index is 2.79. The molecular weight excluding hydrogens is 206 g/mol. The Kier molecular flexibility index (Phi) is 3.99. The van der Waals surface area contributed by atoms with Gasteiger partial charge in [0.25, 0.3) is 0 Å². The molecule has 0 aromatic heterocycles. The van der Waals surface area contributed by atoms with E-state index in [9.17, 15) is 4.79 Å². The van der Waals surface area contributed by atoms with Crippen molar-refractivity contribution in [2.75, 3.05) is 14.1 Å². The van der Waals surface area contributed by atoms with Gasteiger partial charge in [-0.15, -0.1) is 5.11 Å². The first-order chi connectivity index (χ1) is 7.50. The number of hydrogen-bond acceptors (Lipinski definition) is 3. The Morgan fingerprint density at radius 3 is 2.31 bits per heavy atom. The van der Waals surface area contributed by atoms with Gasteiger partial charge in [0.2, 0.25) is 0 Å². The van der Waals surface area contributed by atoms with Crippen LogP contribution in [0.1, 0.15) is 18.4 Å². The monoisotopic (exact) mass is 221 g/mol. The molecule has 0 fully saturated rings. The van der Waals surface area contributed by atoms with E-state index in [0.29, 0.717) is 5.69 Å². The first-order valence-corrected chi connectivity index (χ1v) is 4.92. The van der Waals surface area contributed by atoms with Gasteiger partial charge < -0.3 is 5.11 Å². The third-order valence-corrected chi connectivity index (χ3v) is 2.10. The minimum atomic E-state index is -0.831. The summed E-state index contributed by atoms with van der Waals surface area (Å²) in [4.78, 5) is 10.8. The first-order valence-electron chi connectivity index (χ1n) is 4.92. The maximum Gasteiger partial charge on any atom is 0.310 e. The molecule has 5 heteroatoms. The van der Waals surface area contributed by atoms with E-state index >= 15 is 0 Å². The standard InChI is InChI=1S/C11H15N3O2/c1-8(11(15)16)9-4-6-10(7-5-9)12-13-14(2)3/h4-8H,1-3H3,(H,15,16). The molecule has 0 aliphatic rings. The number of nitrogens with zero attached hydrogens (tertiary/aromatic N) is 3. The fourth-order valence-corrected chi connectivity index (χ4v) is 1.11. The number of carboxylic acids is 1. The molecule has 0 aliphatic carbocycles. The zero-order valence-corrected chi connectivity index (χ0v) is 9.58. The van der Waals surface area contributed by atoms with E-state index in [0.717, 1.165) is 5.56 Å². The highest BCUT2D eigenvalue weighted by molar-refractivity contribution is 5.75.